The Balaban J connectivity index is 1.65. The first-order valence-corrected chi connectivity index (χ1v) is 8.22. The fraction of sp³-hybridized carbons (Fsp3) is 0.118. The molecule has 0 aliphatic rings. The molecule has 0 fully saturated rings. The van der Waals surface area contributed by atoms with Crippen LogP contribution < -0.4 is 5.76 Å². The highest BCUT2D eigenvalue weighted by atomic mass is 32.1. The Labute approximate surface area is 141 Å². The number of benzene rings is 1. The van der Waals surface area contributed by atoms with Crippen molar-refractivity contribution in [3.63, 3.8) is 0 Å². The summed E-state index contributed by atoms with van der Waals surface area (Å²) in [7, 11) is 0. The largest absolute Gasteiger partial charge is 0.441 e. The Kier molecular flexibility index (Phi) is 3.62. The summed E-state index contributed by atoms with van der Waals surface area (Å²) in [5.41, 5.74) is 1.54. The average Bonchev–Trinajstić information content (AvgIpc) is 3.31. The van der Waals surface area contributed by atoms with E-state index < -0.39 is 5.76 Å². The Hall–Kier alpha value is -2.93. The molecular formula is C17H13N3O3S. The molecule has 24 heavy (non-hydrogen) atoms. The van der Waals surface area contributed by atoms with Crippen LogP contribution in [0.3, 0.4) is 0 Å². The fourth-order valence-corrected chi connectivity index (χ4v) is 2.97. The molecular weight excluding hydrogens is 326 g/mol. The van der Waals surface area contributed by atoms with Gasteiger partial charge in [-0.2, -0.15) is 4.68 Å². The van der Waals surface area contributed by atoms with E-state index in [-0.39, 0.29) is 6.54 Å². The number of oxazole rings is 1. The molecule has 3 heterocycles. The molecule has 0 radical (unpaired) electrons. The maximum Gasteiger partial charge on any atom is 0.437 e. The molecule has 0 saturated carbocycles. The molecule has 4 rings (SSSR count). The molecule has 7 heteroatoms. The van der Waals surface area contributed by atoms with E-state index in [2.05, 4.69) is 10.1 Å². The highest BCUT2D eigenvalue weighted by molar-refractivity contribution is 7.13. The molecule has 4 aromatic rings. The predicted molar refractivity (Wildman–Crippen MR) is 89.9 cm³/mol. The highest BCUT2D eigenvalue weighted by Gasteiger charge is 2.16. The van der Waals surface area contributed by atoms with Crippen LogP contribution in [0, 0.1) is 6.92 Å². The van der Waals surface area contributed by atoms with Gasteiger partial charge in [0.15, 0.2) is 0 Å². The summed E-state index contributed by atoms with van der Waals surface area (Å²) in [5, 5.41) is 6.14. The van der Waals surface area contributed by atoms with E-state index in [4.69, 9.17) is 8.83 Å². The van der Waals surface area contributed by atoms with E-state index in [1.54, 1.807) is 0 Å². The van der Waals surface area contributed by atoms with E-state index in [0.29, 0.717) is 23.2 Å². The van der Waals surface area contributed by atoms with Gasteiger partial charge in [0.05, 0.1) is 11.4 Å². The van der Waals surface area contributed by atoms with Crippen LogP contribution in [0.2, 0.25) is 0 Å². The maximum atomic E-state index is 12.0. The molecule has 0 unspecified atom stereocenters. The first-order valence-electron chi connectivity index (χ1n) is 7.34. The van der Waals surface area contributed by atoms with Crippen molar-refractivity contribution in [2.45, 2.75) is 13.5 Å². The lowest BCUT2D eigenvalue weighted by Crippen LogP contribution is -2.17. The zero-order valence-electron chi connectivity index (χ0n) is 12.8. The van der Waals surface area contributed by atoms with Crippen molar-refractivity contribution < 1.29 is 8.83 Å². The number of rotatable bonds is 4. The van der Waals surface area contributed by atoms with E-state index >= 15 is 0 Å². The molecule has 3 aromatic heterocycles. The van der Waals surface area contributed by atoms with Gasteiger partial charge < -0.3 is 8.83 Å². The zero-order chi connectivity index (χ0) is 16.5. The van der Waals surface area contributed by atoms with Crippen LogP contribution in [0.25, 0.3) is 22.2 Å². The molecule has 120 valence electrons. The van der Waals surface area contributed by atoms with Crippen molar-refractivity contribution in [2.24, 2.45) is 0 Å². The lowest BCUT2D eigenvalue weighted by Gasteiger charge is -1.94. The third-order valence-electron chi connectivity index (χ3n) is 3.55. The summed E-state index contributed by atoms with van der Waals surface area (Å²) in [6.45, 7) is 2.02. The van der Waals surface area contributed by atoms with Crippen LogP contribution in [0.1, 0.15) is 11.5 Å². The monoisotopic (exact) mass is 339 g/mol. The van der Waals surface area contributed by atoms with Gasteiger partial charge in [-0.1, -0.05) is 24.3 Å². The van der Waals surface area contributed by atoms with Gasteiger partial charge in [-0.15, -0.1) is 16.4 Å². The summed E-state index contributed by atoms with van der Waals surface area (Å²) < 4.78 is 12.2. The standard InChI is InChI=1S/C17H13N3O3S/c1-11-13(18-15(22-11)12-6-3-2-4-7-12)10-20-17(21)23-16(19-20)14-8-5-9-24-14/h2-9H,10H2,1H3. The van der Waals surface area contributed by atoms with Crippen LogP contribution in [0.4, 0.5) is 0 Å². The summed E-state index contributed by atoms with van der Waals surface area (Å²) in [4.78, 5) is 17.3. The van der Waals surface area contributed by atoms with Crippen LogP contribution in [-0.4, -0.2) is 14.8 Å². The fourth-order valence-electron chi connectivity index (χ4n) is 2.33. The summed E-state index contributed by atoms with van der Waals surface area (Å²) in [6, 6.07) is 13.4. The summed E-state index contributed by atoms with van der Waals surface area (Å²) in [5.74, 6) is 0.987. The first kappa shape index (κ1) is 14.6. The van der Waals surface area contributed by atoms with E-state index in [1.807, 2.05) is 54.8 Å². The predicted octanol–water partition coefficient (Wildman–Crippen LogP) is 3.58. The van der Waals surface area contributed by atoms with E-state index in [9.17, 15) is 4.79 Å². The number of hydrogen-bond donors (Lipinski definition) is 0. The van der Waals surface area contributed by atoms with Crippen molar-refractivity contribution >= 4 is 11.3 Å². The van der Waals surface area contributed by atoms with Gasteiger partial charge >= 0.3 is 5.76 Å². The van der Waals surface area contributed by atoms with Crippen LogP contribution in [0.5, 0.6) is 0 Å². The normalized spacial score (nSPS) is 11.0. The second-order valence-electron chi connectivity index (χ2n) is 5.20. The lowest BCUT2D eigenvalue weighted by molar-refractivity contribution is 0.491. The minimum Gasteiger partial charge on any atom is -0.441 e. The summed E-state index contributed by atoms with van der Waals surface area (Å²) in [6.07, 6.45) is 0. The van der Waals surface area contributed by atoms with Crippen molar-refractivity contribution in [3.8, 4) is 22.2 Å². The topological polar surface area (TPSA) is 74.1 Å². The Morgan fingerprint density at radius 3 is 2.67 bits per heavy atom. The Bertz CT molecular complexity index is 1010. The van der Waals surface area contributed by atoms with Gasteiger partial charge in [-0.3, -0.25) is 0 Å². The van der Waals surface area contributed by atoms with Crippen molar-refractivity contribution in [2.75, 3.05) is 0 Å². The second-order valence-corrected chi connectivity index (χ2v) is 6.14. The van der Waals surface area contributed by atoms with E-state index in [0.717, 1.165) is 10.4 Å². The third-order valence-corrected chi connectivity index (χ3v) is 4.41. The average molecular weight is 339 g/mol. The summed E-state index contributed by atoms with van der Waals surface area (Å²) >= 11 is 1.47. The van der Waals surface area contributed by atoms with Crippen molar-refractivity contribution in [1.82, 2.24) is 14.8 Å². The van der Waals surface area contributed by atoms with Crippen molar-refractivity contribution in [3.05, 3.63) is 69.8 Å². The lowest BCUT2D eigenvalue weighted by atomic mass is 10.2. The van der Waals surface area contributed by atoms with Gasteiger partial charge in [-0.05, 0) is 30.5 Å². The van der Waals surface area contributed by atoms with Gasteiger partial charge in [-0.25, -0.2) is 9.78 Å². The SMILES string of the molecule is Cc1oc(-c2ccccc2)nc1Cn1nc(-c2cccs2)oc1=O. The quantitative estimate of drug-likeness (QED) is 0.568. The molecule has 0 amide bonds. The molecule has 0 saturated heterocycles. The number of nitrogens with zero attached hydrogens (tertiary/aromatic N) is 3. The van der Waals surface area contributed by atoms with Crippen LogP contribution in [0.15, 0.2) is 61.5 Å². The minimum atomic E-state index is -0.512. The number of thiophene rings is 1. The highest BCUT2D eigenvalue weighted by Crippen LogP contribution is 2.23. The molecule has 0 aliphatic heterocycles. The van der Waals surface area contributed by atoms with Crippen LogP contribution in [-0.2, 0) is 6.54 Å². The van der Waals surface area contributed by atoms with Crippen molar-refractivity contribution in [1.29, 1.82) is 0 Å². The zero-order valence-corrected chi connectivity index (χ0v) is 13.6. The van der Waals surface area contributed by atoms with Gasteiger partial charge in [0.1, 0.15) is 11.5 Å². The molecule has 0 spiro atoms. The Morgan fingerprint density at radius 2 is 1.92 bits per heavy atom. The minimum absolute atomic E-state index is 0.204. The van der Waals surface area contributed by atoms with E-state index in [1.165, 1.54) is 16.0 Å². The number of aryl methyl sites for hydroxylation is 1. The first-order chi connectivity index (χ1) is 11.7. The molecule has 1 aromatic carbocycles. The molecule has 0 bridgehead atoms. The maximum absolute atomic E-state index is 12.0. The number of hydrogen-bond acceptors (Lipinski definition) is 6. The molecule has 6 nitrogen and oxygen atoms in total. The molecule has 0 atom stereocenters. The third kappa shape index (κ3) is 2.69. The second kappa shape index (κ2) is 5.93. The smallest absolute Gasteiger partial charge is 0.437 e. The van der Waals surface area contributed by atoms with Crippen LogP contribution >= 0.6 is 11.3 Å². The Morgan fingerprint density at radius 1 is 1.08 bits per heavy atom. The van der Waals surface area contributed by atoms with Gasteiger partial charge in [0.25, 0.3) is 5.89 Å². The van der Waals surface area contributed by atoms with Gasteiger partial charge in [0, 0.05) is 5.56 Å². The molecule has 0 aliphatic carbocycles. The number of aromatic nitrogens is 3. The molecule has 0 N–H and O–H groups in total. The van der Waals surface area contributed by atoms with Gasteiger partial charge in [0.2, 0.25) is 5.89 Å².